The second-order valence-corrected chi connectivity index (χ2v) is 7.06. The van der Waals surface area contributed by atoms with E-state index in [9.17, 15) is 4.79 Å². The van der Waals surface area contributed by atoms with Gasteiger partial charge in [0.15, 0.2) is 5.96 Å². The van der Waals surface area contributed by atoms with Gasteiger partial charge in [-0.1, -0.05) is 0 Å². The fourth-order valence-corrected chi connectivity index (χ4v) is 3.68. The molecule has 3 N–H and O–H groups in total. The highest BCUT2D eigenvalue weighted by atomic mass is 127. The first-order chi connectivity index (χ1) is 10.5. The Morgan fingerprint density at radius 3 is 2.83 bits per heavy atom. The minimum absolute atomic E-state index is 0. The molecule has 2 rings (SSSR count). The first-order valence-electron chi connectivity index (χ1n) is 7.66. The number of amides is 1. The Bertz CT molecular complexity index is 541. The van der Waals surface area contributed by atoms with Crippen LogP contribution in [-0.4, -0.2) is 41.9 Å². The molecule has 2 heterocycles. The Morgan fingerprint density at radius 2 is 2.26 bits per heavy atom. The zero-order valence-corrected chi connectivity index (χ0v) is 17.1. The molecule has 0 aromatic carbocycles. The molecule has 1 fully saturated rings. The molecule has 1 aromatic heterocycles. The van der Waals surface area contributed by atoms with E-state index >= 15 is 0 Å². The van der Waals surface area contributed by atoms with Gasteiger partial charge in [-0.2, -0.15) is 0 Å². The van der Waals surface area contributed by atoms with Gasteiger partial charge in [0.25, 0.3) is 0 Å². The van der Waals surface area contributed by atoms with Gasteiger partial charge in [-0.3, -0.25) is 9.79 Å². The molecule has 1 atom stereocenters. The van der Waals surface area contributed by atoms with Gasteiger partial charge in [0.2, 0.25) is 5.91 Å². The molecular weight excluding hydrogens is 425 g/mol. The summed E-state index contributed by atoms with van der Waals surface area (Å²) in [6, 6.07) is 0. The van der Waals surface area contributed by atoms with Crippen molar-refractivity contribution in [2.75, 3.05) is 20.1 Å². The van der Waals surface area contributed by atoms with Crippen LogP contribution in [0.15, 0.2) is 4.99 Å². The minimum atomic E-state index is -0.219. The van der Waals surface area contributed by atoms with Gasteiger partial charge in [0, 0.05) is 31.4 Å². The first kappa shape index (κ1) is 20.1. The molecule has 1 saturated heterocycles. The van der Waals surface area contributed by atoms with Crippen molar-refractivity contribution in [1.29, 1.82) is 0 Å². The number of primary amides is 1. The molecule has 0 radical (unpaired) electrons. The summed E-state index contributed by atoms with van der Waals surface area (Å²) in [6.07, 6.45) is 2.58. The van der Waals surface area contributed by atoms with Crippen LogP contribution in [-0.2, 0) is 11.3 Å². The number of nitrogens with zero attached hydrogens (tertiary/aromatic N) is 3. The van der Waals surface area contributed by atoms with Gasteiger partial charge < -0.3 is 16.0 Å². The maximum atomic E-state index is 11.1. The molecule has 0 aliphatic carbocycles. The number of carbonyl (C=O) groups excluding carboxylic acids is 1. The molecule has 0 saturated carbocycles. The van der Waals surface area contributed by atoms with E-state index in [0.29, 0.717) is 18.9 Å². The number of aliphatic imine (C=N–C) groups is 1. The van der Waals surface area contributed by atoms with Gasteiger partial charge in [-0.15, -0.1) is 35.3 Å². The Balaban J connectivity index is 0.00000264. The third-order valence-electron chi connectivity index (χ3n) is 3.99. The Kier molecular flexibility index (Phi) is 8.24. The molecule has 1 amide bonds. The van der Waals surface area contributed by atoms with Crippen molar-refractivity contribution >= 4 is 47.2 Å². The lowest BCUT2D eigenvalue weighted by Crippen LogP contribution is -2.46. The monoisotopic (exact) mass is 451 g/mol. The zero-order valence-electron chi connectivity index (χ0n) is 14.0. The van der Waals surface area contributed by atoms with Gasteiger partial charge in [-0.25, -0.2) is 4.98 Å². The Hall–Kier alpha value is -0.900. The molecule has 130 valence electrons. The average Bonchev–Trinajstić information content (AvgIpc) is 2.78. The van der Waals surface area contributed by atoms with Gasteiger partial charge in [0.1, 0.15) is 5.01 Å². The predicted octanol–water partition coefficient (Wildman–Crippen LogP) is 2.04. The number of aryl methyl sites for hydroxylation is 2. The highest BCUT2D eigenvalue weighted by molar-refractivity contribution is 14.0. The van der Waals surface area contributed by atoms with E-state index in [1.165, 1.54) is 4.88 Å². The number of nitrogens with two attached hydrogens (primary N) is 1. The quantitative estimate of drug-likeness (QED) is 0.417. The summed E-state index contributed by atoms with van der Waals surface area (Å²) in [5.74, 6) is 0.984. The van der Waals surface area contributed by atoms with Crippen molar-refractivity contribution in [1.82, 2.24) is 15.2 Å². The van der Waals surface area contributed by atoms with Crippen LogP contribution in [0.3, 0.4) is 0 Å². The average molecular weight is 451 g/mol. The van der Waals surface area contributed by atoms with E-state index in [2.05, 4.69) is 27.1 Å². The van der Waals surface area contributed by atoms with Crippen LogP contribution in [0.1, 0.15) is 34.8 Å². The SMILES string of the molecule is CN=C(NCc1nc(C)c(C)s1)N1CCCC(CC(N)=O)C1.I. The van der Waals surface area contributed by atoms with Crippen LogP contribution in [0.2, 0.25) is 0 Å². The standard InChI is InChI=1S/C15H25N5OS.HI/c1-10-11(2)22-14(19-10)8-18-15(17-3)20-6-4-5-12(9-20)7-13(16)21;/h12H,4-9H2,1-3H3,(H2,16,21)(H,17,18);1H. The fourth-order valence-electron chi connectivity index (χ4n) is 2.81. The molecule has 0 bridgehead atoms. The fraction of sp³-hybridized carbons (Fsp3) is 0.667. The smallest absolute Gasteiger partial charge is 0.217 e. The van der Waals surface area contributed by atoms with Gasteiger partial charge in [0.05, 0.1) is 12.2 Å². The van der Waals surface area contributed by atoms with Crippen molar-refractivity contribution in [2.45, 2.75) is 39.7 Å². The molecule has 1 aliphatic heterocycles. The molecule has 6 nitrogen and oxygen atoms in total. The second-order valence-electron chi connectivity index (χ2n) is 5.77. The summed E-state index contributed by atoms with van der Waals surface area (Å²) >= 11 is 1.71. The van der Waals surface area contributed by atoms with Crippen LogP contribution in [0.25, 0.3) is 0 Å². The van der Waals surface area contributed by atoms with Crippen molar-refractivity contribution in [3.8, 4) is 0 Å². The van der Waals surface area contributed by atoms with E-state index < -0.39 is 0 Å². The van der Waals surface area contributed by atoms with Crippen LogP contribution in [0, 0.1) is 19.8 Å². The van der Waals surface area contributed by atoms with Crippen molar-refractivity contribution < 1.29 is 4.79 Å². The van der Waals surface area contributed by atoms with E-state index in [1.807, 2.05) is 6.92 Å². The molecular formula is C15H26IN5OS. The van der Waals surface area contributed by atoms with Gasteiger partial charge >= 0.3 is 0 Å². The van der Waals surface area contributed by atoms with Crippen LogP contribution >= 0.6 is 35.3 Å². The van der Waals surface area contributed by atoms with Crippen LogP contribution in [0.4, 0.5) is 0 Å². The molecule has 1 aliphatic rings. The molecule has 23 heavy (non-hydrogen) atoms. The number of guanidine groups is 1. The topological polar surface area (TPSA) is 83.6 Å². The van der Waals surface area contributed by atoms with Crippen molar-refractivity contribution in [3.63, 3.8) is 0 Å². The summed E-state index contributed by atoms with van der Waals surface area (Å²) in [5, 5.41) is 4.45. The summed E-state index contributed by atoms with van der Waals surface area (Å²) < 4.78 is 0. The maximum absolute atomic E-state index is 11.1. The Labute approximate surface area is 159 Å². The molecule has 8 heteroatoms. The first-order valence-corrected chi connectivity index (χ1v) is 8.48. The number of hydrogen-bond donors (Lipinski definition) is 2. The molecule has 1 unspecified atom stereocenters. The summed E-state index contributed by atoms with van der Waals surface area (Å²) in [6.45, 7) is 6.60. The summed E-state index contributed by atoms with van der Waals surface area (Å²) in [5.41, 5.74) is 6.41. The molecule has 0 spiro atoms. The number of aromatic nitrogens is 1. The largest absolute Gasteiger partial charge is 0.370 e. The lowest BCUT2D eigenvalue weighted by atomic mass is 9.95. The number of likely N-dealkylation sites (tertiary alicyclic amines) is 1. The number of halogens is 1. The number of rotatable bonds is 4. The van der Waals surface area contributed by atoms with E-state index in [-0.39, 0.29) is 29.9 Å². The lowest BCUT2D eigenvalue weighted by Gasteiger charge is -2.34. The predicted molar refractivity (Wildman–Crippen MR) is 105 cm³/mol. The molecule has 1 aromatic rings. The second kappa shape index (κ2) is 9.41. The maximum Gasteiger partial charge on any atom is 0.217 e. The van der Waals surface area contributed by atoms with Gasteiger partial charge in [-0.05, 0) is 32.6 Å². The minimum Gasteiger partial charge on any atom is -0.370 e. The number of nitrogens with one attached hydrogen (secondary N) is 1. The number of hydrogen-bond acceptors (Lipinski definition) is 4. The van der Waals surface area contributed by atoms with E-state index in [4.69, 9.17) is 5.73 Å². The zero-order chi connectivity index (χ0) is 16.1. The lowest BCUT2D eigenvalue weighted by molar-refractivity contribution is -0.119. The van der Waals surface area contributed by atoms with E-state index in [1.54, 1.807) is 18.4 Å². The Morgan fingerprint density at radius 1 is 1.52 bits per heavy atom. The van der Waals surface area contributed by atoms with Crippen LogP contribution in [0.5, 0.6) is 0 Å². The number of piperidine rings is 1. The van der Waals surface area contributed by atoms with Crippen LogP contribution < -0.4 is 11.1 Å². The van der Waals surface area contributed by atoms with Crippen molar-refractivity contribution in [2.24, 2.45) is 16.6 Å². The summed E-state index contributed by atoms with van der Waals surface area (Å²) in [4.78, 5) is 23.5. The van der Waals surface area contributed by atoms with E-state index in [0.717, 1.165) is 42.6 Å². The highest BCUT2D eigenvalue weighted by Gasteiger charge is 2.23. The third kappa shape index (κ3) is 5.91. The summed E-state index contributed by atoms with van der Waals surface area (Å²) in [7, 11) is 1.79. The normalized spacial score (nSPS) is 18.5. The van der Waals surface area contributed by atoms with Crippen molar-refractivity contribution in [3.05, 3.63) is 15.6 Å². The highest BCUT2D eigenvalue weighted by Crippen LogP contribution is 2.20. The third-order valence-corrected chi connectivity index (χ3v) is 5.06. The number of carbonyl (C=O) groups is 1. The number of thiazole rings is 1.